The van der Waals surface area contributed by atoms with Crippen molar-refractivity contribution in [2.75, 3.05) is 46.2 Å². The zero-order chi connectivity index (χ0) is 23.7. The molecule has 1 aliphatic heterocycles. The molecule has 33 heavy (non-hydrogen) atoms. The quantitative estimate of drug-likeness (QED) is 0.117. The lowest BCUT2D eigenvalue weighted by atomic mass is 10.0. The highest BCUT2D eigenvalue weighted by molar-refractivity contribution is 5.69. The third kappa shape index (κ3) is 21.6. The molecule has 1 fully saturated rings. The van der Waals surface area contributed by atoms with Crippen LogP contribution in [-0.4, -0.2) is 58.5 Å². The summed E-state index contributed by atoms with van der Waals surface area (Å²) in [7, 11) is 0. The molecule has 1 aliphatic rings. The standard InChI is InChI=1S/C27H52O6/c1-2-3-4-5-6-7-8-9-10-11-12-13-14-17-26(28)31-24-22-29-20-21-30-23-25-33-27-18-15-16-19-32-27/h27H,2-25H2,1H3. The number of esters is 1. The fraction of sp³-hybridized carbons (Fsp3) is 0.963. The van der Waals surface area contributed by atoms with Gasteiger partial charge < -0.3 is 23.7 Å². The summed E-state index contributed by atoms with van der Waals surface area (Å²) >= 11 is 0. The van der Waals surface area contributed by atoms with Gasteiger partial charge in [-0.15, -0.1) is 0 Å². The minimum absolute atomic E-state index is 0.0620. The zero-order valence-electron chi connectivity index (χ0n) is 21.5. The highest BCUT2D eigenvalue weighted by Gasteiger charge is 2.13. The van der Waals surface area contributed by atoms with Crippen LogP contribution in [0.2, 0.25) is 0 Å². The van der Waals surface area contributed by atoms with Crippen LogP contribution in [0.1, 0.15) is 116 Å². The molecule has 0 aromatic carbocycles. The lowest BCUT2D eigenvalue weighted by molar-refractivity contribution is -0.169. The largest absolute Gasteiger partial charge is 0.463 e. The van der Waals surface area contributed by atoms with Gasteiger partial charge in [0.05, 0.1) is 33.0 Å². The van der Waals surface area contributed by atoms with Crippen molar-refractivity contribution in [2.24, 2.45) is 0 Å². The molecule has 0 amide bonds. The van der Waals surface area contributed by atoms with Gasteiger partial charge in [0, 0.05) is 13.0 Å². The van der Waals surface area contributed by atoms with E-state index in [9.17, 15) is 4.79 Å². The summed E-state index contributed by atoms with van der Waals surface area (Å²) in [5.74, 6) is -0.111. The van der Waals surface area contributed by atoms with Crippen LogP contribution in [0.25, 0.3) is 0 Å². The molecule has 6 heteroatoms. The van der Waals surface area contributed by atoms with Crippen molar-refractivity contribution in [1.82, 2.24) is 0 Å². The molecule has 0 saturated carbocycles. The average Bonchev–Trinajstić information content (AvgIpc) is 2.84. The van der Waals surface area contributed by atoms with Gasteiger partial charge in [-0.1, -0.05) is 84.0 Å². The smallest absolute Gasteiger partial charge is 0.305 e. The summed E-state index contributed by atoms with van der Waals surface area (Å²) in [6.45, 7) is 5.89. The van der Waals surface area contributed by atoms with Crippen molar-refractivity contribution in [1.29, 1.82) is 0 Å². The minimum Gasteiger partial charge on any atom is -0.463 e. The van der Waals surface area contributed by atoms with E-state index in [1.165, 1.54) is 77.0 Å². The van der Waals surface area contributed by atoms with Crippen LogP contribution in [0.5, 0.6) is 0 Å². The summed E-state index contributed by atoms with van der Waals surface area (Å²) in [6, 6.07) is 0. The molecule has 1 atom stereocenters. The number of hydrogen-bond donors (Lipinski definition) is 0. The second-order valence-corrected chi connectivity index (χ2v) is 9.10. The molecule has 196 valence electrons. The normalized spacial score (nSPS) is 16.2. The van der Waals surface area contributed by atoms with Crippen molar-refractivity contribution in [3.63, 3.8) is 0 Å². The van der Waals surface area contributed by atoms with Crippen molar-refractivity contribution in [2.45, 2.75) is 122 Å². The molecule has 0 bridgehead atoms. The van der Waals surface area contributed by atoms with Crippen LogP contribution in [-0.2, 0) is 28.5 Å². The molecule has 0 N–H and O–H groups in total. The number of carbonyl (C=O) groups excluding carboxylic acids is 1. The van der Waals surface area contributed by atoms with E-state index in [2.05, 4.69) is 6.92 Å². The maximum absolute atomic E-state index is 11.8. The third-order valence-corrected chi connectivity index (χ3v) is 6.02. The monoisotopic (exact) mass is 472 g/mol. The van der Waals surface area contributed by atoms with Crippen molar-refractivity contribution < 1.29 is 28.5 Å². The Hall–Kier alpha value is -0.690. The van der Waals surface area contributed by atoms with E-state index < -0.39 is 0 Å². The van der Waals surface area contributed by atoms with E-state index >= 15 is 0 Å². The molecular weight excluding hydrogens is 420 g/mol. The fourth-order valence-corrected chi connectivity index (χ4v) is 3.98. The SMILES string of the molecule is CCCCCCCCCCCCCCCC(=O)OCCOCCOCCOC1CCCCO1. The Balaban J connectivity index is 1.70. The Kier molecular flexibility index (Phi) is 22.5. The van der Waals surface area contributed by atoms with Gasteiger partial charge in [0.25, 0.3) is 0 Å². The van der Waals surface area contributed by atoms with Gasteiger partial charge in [0.15, 0.2) is 6.29 Å². The van der Waals surface area contributed by atoms with E-state index in [0.717, 1.165) is 32.3 Å². The Morgan fingerprint density at radius 2 is 1.24 bits per heavy atom. The average molecular weight is 473 g/mol. The Labute approximate surface area is 203 Å². The Bertz CT molecular complexity index is 411. The van der Waals surface area contributed by atoms with E-state index in [-0.39, 0.29) is 12.3 Å². The molecule has 0 aromatic rings. The van der Waals surface area contributed by atoms with Crippen molar-refractivity contribution >= 4 is 5.97 Å². The number of carbonyl (C=O) groups is 1. The lowest BCUT2D eigenvalue weighted by Crippen LogP contribution is -2.24. The van der Waals surface area contributed by atoms with Crippen molar-refractivity contribution in [3.8, 4) is 0 Å². The van der Waals surface area contributed by atoms with Crippen LogP contribution in [0.4, 0.5) is 0 Å². The first-order valence-corrected chi connectivity index (χ1v) is 13.9. The first-order chi connectivity index (χ1) is 16.3. The van der Waals surface area contributed by atoms with Gasteiger partial charge in [-0.2, -0.15) is 0 Å². The molecule has 6 nitrogen and oxygen atoms in total. The molecule has 1 saturated heterocycles. The van der Waals surface area contributed by atoms with Gasteiger partial charge in [0.2, 0.25) is 0 Å². The molecule has 1 rings (SSSR count). The molecule has 0 aliphatic carbocycles. The molecular formula is C27H52O6. The number of unbranched alkanes of at least 4 members (excludes halogenated alkanes) is 12. The number of hydrogen-bond acceptors (Lipinski definition) is 6. The molecule has 1 heterocycles. The minimum atomic E-state index is -0.111. The fourth-order valence-electron chi connectivity index (χ4n) is 3.98. The lowest BCUT2D eigenvalue weighted by Gasteiger charge is -2.22. The zero-order valence-corrected chi connectivity index (χ0v) is 21.5. The summed E-state index contributed by atoms with van der Waals surface area (Å²) in [5, 5.41) is 0. The van der Waals surface area contributed by atoms with Gasteiger partial charge >= 0.3 is 5.97 Å². The van der Waals surface area contributed by atoms with Gasteiger partial charge in [-0.25, -0.2) is 0 Å². The van der Waals surface area contributed by atoms with Gasteiger partial charge in [-0.05, 0) is 25.7 Å². The highest BCUT2D eigenvalue weighted by atomic mass is 16.7. The van der Waals surface area contributed by atoms with Crippen molar-refractivity contribution in [3.05, 3.63) is 0 Å². The maximum atomic E-state index is 11.8. The van der Waals surface area contributed by atoms with Crippen LogP contribution in [0.15, 0.2) is 0 Å². The van der Waals surface area contributed by atoms with Gasteiger partial charge in [-0.3, -0.25) is 4.79 Å². The maximum Gasteiger partial charge on any atom is 0.305 e. The van der Waals surface area contributed by atoms with E-state index in [1.54, 1.807) is 0 Å². The topological polar surface area (TPSA) is 63.2 Å². The third-order valence-electron chi connectivity index (χ3n) is 6.02. The van der Waals surface area contributed by atoms with Crippen LogP contribution in [0.3, 0.4) is 0 Å². The molecule has 0 spiro atoms. The predicted octanol–water partition coefficient (Wildman–Crippen LogP) is 6.59. The van der Waals surface area contributed by atoms with Crippen LogP contribution in [0, 0.1) is 0 Å². The molecule has 0 aromatic heterocycles. The van der Waals surface area contributed by atoms with E-state index in [1.807, 2.05) is 0 Å². The second kappa shape index (κ2) is 24.4. The first kappa shape index (κ1) is 30.3. The summed E-state index contributed by atoms with van der Waals surface area (Å²) in [6.07, 6.45) is 20.7. The highest BCUT2D eigenvalue weighted by Crippen LogP contribution is 2.14. The Morgan fingerprint density at radius 1 is 0.697 bits per heavy atom. The van der Waals surface area contributed by atoms with Crippen LogP contribution >= 0.6 is 0 Å². The first-order valence-electron chi connectivity index (χ1n) is 13.9. The summed E-state index contributed by atoms with van der Waals surface area (Å²) in [5.41, 5.74) is 0. The molecule has 1 unspecified atom stereocenters. The Morgan fingerprint density at radius 3 is 1.82 bits per heavy atom. The van der Waals surface area contributed by atoms with E-state index in [4.69, 9.17) is 23.7 Å². The summed E-state index contributed by atoms with van der Waals surface area (Å²) in [4.78, 5) is 11.8. The predicted molar refractivity (Wildman–Crippen MR) is 132 cm³/mol. The number of rotatable bonds is 24. The molecule has 0 radical (unpaired) electrons. The van der Waals surface area contributed by atoms with E-state index in [0.29, 0.717) is 46.1 Å². The number of ether oxygens (including phenoxy) is 5. The van der Waals surface area contributed by atoms with Crippen LogP contribution < -0.4 is 0 Å². The second-order valence-electron chi connectivity index (χ2n) is 9.10. The van der Waals surface area contributed by atoms with Gasteiger partial charge in [0.1, 0.15) is 6.61 Å². The summed E-state index contributed by atoms with van der Waals surface area (Å²) < 4.78 is 27.2.